The van der Waals surface area contributed by atoms with E-state index in [0.29, 0.717) is 16.7 Å². The highest BCUT2D eigenvalue weighted by Crippen LogP contribution is 2.38. The van der Waals surface area contributed by atoms with Gasteiger partial charge >= 0.3 is 0 Å². The molecule has 4 rings (SSSR count). The van der Waals surface area contributed by atoms with Crippen LogP contribution in [0, 0.1) is 0 Å². The Bertz CT molecular complexity index is 1220. The van der Waals surface area contributed by atoms with Gasteiger partial charge in [-0.15, -0.1) is 0 Å². The molecule has 3 aromatic carbocycles. The van der Waals surface area contributed by atoms with Crippen LogP contribution in [-0.4, -0.2) is 30.8 Å². The van der Waals surface area contributed by atoms with Gasteiger partial charge in [0.25, 0.3) is 5.91 Å². The van der Waals surface area contributed by atoms with E-state index >= 15 is 0 Å². The molecule has 0 fully saturated rings. The fourth-order valence-electron chi connectivity index (χ4n) is 4.17. The summed E-state index contributed by atoms with van der Waals surface area (Å²) in [5.74, 6) is -0.631. The van der Waals surface area contributed by atoms with Crippen molar-refractivity contribution in [2.24, 2.45) is 5.73 Å². The van der Waals surface area contributed by atoms with Crippen LogP contribution in [0.2, 0.25) is 0 Å². The molecule has 0 unspecified atom stereocenters. The number of amides is 2. The number of carbonyl (C=O) groups excluding carboxylic acids is 2. The van der Waals surface area contributed by atoms with Crippen molar-refractivity contribution in [3.63, 3.8) is 0 Å². The van der Waals surface area contributed by atoms with Crippen LogP contribution < -0.4 is 16.0 Å². The molecule has 33 heavy (non-hydrogen) atoms. The quantitative estimate of drug-likeness (QED) is 0.539. The lowest BCUT2D eigenvalue weighted by atomic mass is 10.0. The monoisotopic (exact) mass is 440 g/mol. The highest BCUT2D eigenvalue weighted by atomic mass is 16.2. The molecule has 1 aliphatic rings. The molecule has 1 aliphatic heterocycles. The van der Waals surface area contributed by atoms with Gasteiger partial charge in [0.2, 0.25) is 5.91 Å². The molecule has 0 saturated carbocycles. The fraction of sp³-hybridized carbons (Fsp3) is 0.185. The second kappa shape index (κ2) is 9.30. The van der Waals surface area contributed by atoms with E-state index in [-0.39, 0.29) is 5.91 Å². The van der Waals surface area contributed by atoms with E-state index < -0.39 is 5.91 Å². The first-order valence-electron chi connectivity index (χ1n) is 10.8. The van der Waals surface area contributed by atoms with Gasteiger partial charge in [-0.1, -0.05) is 42.5 Å². The van der Waals surface area contributed by atoms with E-state index in [1.807, 2.05) is 25.1 Å². The minimum atomic E-state index is -0.516. The van der Waals surface area contributed by atoms with Crippen molar-refractivity contribution in [2.45, 2.75) is 20.0 Å². The Morgan fingerprint density at radius 2 is 1.61 bits per heavy atom. The predicted octanol–water partition coefficient (Wildman–Crippen LogP) is 4.24. The van der Waals surface area contributed by atoms with Gasteiger partial charge in [-0.05, 0) is 55.4 Å². The fourth-order valence-corrected chi connectivity index (χ4v) is 4.17. The molecular weight excluding hydrogens is 412 g/mol. The van der Waals surface area contributed by atoms with Crippen LogP contribution in [0.15, 0.2) is 78.5 Å². The summed E-state index contributed by atoms with van der Waals surface area (Å²) in [6.45, 7) is 3.59. The largest absolute Gasteiger partial charge is 0.366 e. The van der Waals surface area contributed by atoms with E-state index in [2.05, 4.69) is 53.7 Å². The lowest BCUT2D eigenvalue weighted by Crippen LogP contribution is -2.21. The van der Waals surface area contributed by atoms with E-state index in [0.717, 1.165) is 30.2 Å². The zero-order chi connectivity index (χ0) is 23.5. The van der Waals surface area contributed by atoms with E-state index in [1.165, 1.54) is 11.1 Å². The maximum absolute atomic E-state index is 12.9. The minimum absolute atomic E-state index is 0.115. The number of nitrogens with one attached hydrogen (secondary N) is 1. The average molecular weight is 441 g/mol. The minimum Gasteiger partial charge on any atom is -0.366 e. The number of hydrogen-bond acceptors (Lipinski definition) is 4. The van der Waals surface area contributed by atoms with Crippen LogP contribution in [-0.2, 0) is 17.9 Å². The first-order chi connectivity index (χ1) is 15.8. The van der Waals surface area contributed by atoms with Gasteiger partial charge in [0.05, 0.1) is 11.3 Å². The maximum Gasteiger partial charge on any atom is 0.260 e. The number of allylic oxidation sites excluding steroid dienone is 1. The number of anilines is 2. The number of hydrogen-bond donors (Lipinski definition) is 2. The Labute approximate surface area is 194 Å². The maximum atomic E-state index is 12.9. The van der Waals surface area contributed by atoms with Gasteiger partial charge < -0.3 is 16.0 Å². The van der Waals surface area contributed by atoms with Gasteiger partial charge in [0, 0.05) is 42.6 Å². The second-order valence-electron chi connectivity index (χ2n) is 8.44. The molecule has 0 atom stereocenters. The second-order valence-corrected chi connectivity index (χ2v) is 8.44. The Morgan fingerprint density at radius 3 is 2.24 bits per heavy atom. The van der Waals surface area contributed by atoms with Crippen molar-refractivity contribution >= 4 is 28.8 Å². The third-order valence-electron chi connectivity index (χ3n) is 5.84. The third-order valence-corrected chi connectivity index (χ3v) is 5.84. The van der Waals surface area contributed by atoms with Gasteiger partial charge in [0.15, 0.2) is 0 Å². The lowest BCUT2D eigenvalue weighted by molar-refractivity contribution is -0.112. The van der Waals surface area contributed by atoms with Crippen molar-refractivity contribution in [3.8, 4) is 0 Å². The molecular formula is C27H28N4O2. The lowest BCUT2D eigenvalue weighted by Gasteiger charge is -2.17. The molecule has 0 bridgehead atoms. The summed E-state index contributed by atoms with van der Waals surface area (Å²) >= 11 is 0. The molecule has 0 aliphatic carbocycles. The zero-order valence-electron chi connectivity index (χ0n) is 19.1. The van der Waals surface area contributed by atoms with Crippen LogP contribution in [0.3, 0.4) is 0 Å². The number of fused-ring (bicyclic) bond motifs is 1. The smallest absolute Gasteiger partial charge is 0.260 e. The molecule has 0 radical (unpaired) electrons. The van der Waals surface area contributed by atoms with Crippen LogP contribution in [0.1, 0.15) is 34.0 Å². The number of rotatable bonds is 7. The van der Waals surface area contributed by atoms with Crippen LogP contribution in [0.5, 0.6) is 0 Å². The average Bonchev–Trinajstić information content (AvgIpc) is 3.05. The van der Waals surface area contributed by atoms with Crippen molar-refractivity contribution in [1.82, 2.24) is 4.90 Å². The predicted molar refractivity (Wildman–Crippen MR) is 133 cm³/mol. The van der Waals surface area contributed by atoms with Gasteiger partial charge in [-0.2, -0.15) is 0 Å². The summed E-state index contributed by atoms with van der Waals surface area (Å²) in [5.41, 5.74) is 11.9. The molecule has 6 heteroatoms. The highest BCUT2D eigenvalue weighted by molar-refractivity contribution is 6.33. The van der Waals surface area contributed by atoms with E-state index in [1.54, 1.807) is 30.1 Å². The number of nitrogens with two attached hydrogens (primary N) is 1. The molecule has 168 valence electrons. The highest BCUT2D eigenvalue weighted by Gasteiger charge is 2.32. The Hall–Kier alpha value is -3.90. The number of carbonyl (C=O) groups is 2. The van der Waals surface area contributed by atoms with Crippen molar-refractivity contribution < 1.29 is 9.59 Å². The summed E-state index contributed by atoms with van der Waals surface area (Å²) in [5, 5.41) is 3.35. The summed E-state index contributed by atoms with van der Waals surface area (Å²) in [4.78, 5) is 28.4. The SMILES string of the molecule is C/C(Nc1ccc(CN(C)Cc2ccccc2)cc1)=C1/C(=O)N(C)c2ccc(C(N)=O)cc21. The van der Waals surface area contributed by atoms with Gasteiger partial charge in [0.1, 0.15) is 0 Å². The summed E-state index contributed by atoms with van der Waals surface area (Å²) < 4.78 is 0. The molecule has 0 saturated heterocycles. The van der Waals surface area contributed by atoms with Crippen LogP contribution in [0.4, 0.5) is 11.4 Å². The van der Waals surface area contributed by atoms with Gasteiger partial charge in [-0.3, -0.25) is 14.5 Å². The van der Waals surface area contributed by atoms with E-state index in [9.17, 15) is 9.59 Å². The zero-order valence-corrected chi connectivity index (χ0v) is 19.1. The van der Waals surface area contributed by atoms with Crippen LogP contribution >= 0.6 is 0 Å². The Kier molecular flexibility index (Phi) is 6.29. The van der Waals surface area contributed by atoms with Crippen LogP contribution in [0.25, 0.3) is 5.57 Å². The molecule has 3 N–H and O–H groups in total. The molecule has 1 heterocycles. The van der Waals surface area contributed by atoms with Gasteiger partial charge in [-0.25, -0.2) is 0 Å². The van der Waals surface area contributed by atoms with Crippen molar-refractivity contribution in [1.29, 1.82) is 0 Å². The summed E-state index contributed by atoms with van der Waals surface area (Å²) in [6.07, 6.45) is 0. The molecule has 0 spiro atoms. The third kappa shape index (κ3) is 4.81. The Balaban J connectivity index is 1.50. The van der Waals surface area contributed by atoms with Crippen molar-refractivity contribution in [3.05, 3.63) is 101 Å². The first kappa shape index (κ1) is 22.3. The Morgan fingerprint density at radius 1 is 0.970 bits per heavy atom. The topological polar surface area (TPSA) is 78.7 Å². The summed E-state index contributed by atoms with van der Waals surface area (Å²) in [7, 11) is 3.83. The number of likely N-dealkylation sites (N-methyl/N-ethyl adjacent to an activating group) is 1. The summed E-state index contributed by atoms with van der Waals surface area (Å²) in [6, 6.07) is 23.7. The molecule has 6 nitrogen and oxygen atoms in total. The molecule has 2 amide bonds. The van der Waals surface area contributed by atoms with Crippen molar-refractivity contribution in [2.75, 3.05) is 24.3 Å². The standard InChI is InChI=1S/C27H28N4O2/c1-18(25-23-15-21(26(28)32)11-14-24(23)31(3)27(25)33)29-22-12-9-20(10-13-22)17-30(2)16-19-7-5-4-6-8-19/h4-15,29H,16-17H2,1-3H3,(H2,28,32)/b25-18-. The number of benzene rings is 3. The number of nitrogens with zero attached hydrogens (tertiary/aromatic N) is 2. The normalized spacial score (nSPS) is 14.4. The number of primary amides is 1. The molecule has 3 aromatic rings. The van der Waals surface area contributed by atoms with E-state index in [4.69, 9.17) is 5.73 Å². The first-order valence-corrected chi connectivity index (χ1v) is 10.8. The molecule has 0 aromatic heterocycles.